The number of rotatable bonds is 8. The summed E-state index contributed by atoms with van der Waals surface area (Å²) >= 11 is 3.61. The van der Waals surface area contributed by atoms with Gasteiger partial charge in [0.05, 0.1) is 14.2 Å². The van der Waals surface area contributed by atoms with Crippen LogP contribution in [-0.4, -0.2) is 14.2 Å². The Hall–Kier alpha value is -2.17. The molecule has 3 rings (SSSR count). The summed E-state index contributed by atoms with van der Waals surface area (Å²) in [6.07, 6.45) is 0.870. The van der Waals surface area contributed by atoms with Crippen molar-refractivity contribution in [1.82, 2.24) is 0 Å². The quantitative estimate of drug-likeness (QED) is 0.382. The van der Waals surface area contributed by atoms with Crippen LogP contribution in [0.25, 0.3) is 5.57 Å². The molecule has 0 spiro atoms. The van der Waals surface area contributed by atoms with E-state index in [4.69, 9.17) is 9.47 Å². The molecule has 4 heteroatoms. The van der Waals surface area contributed by atoms with E-state index in [9.17, 15) is 0 Å². The van der Waals surface area contributed by atoms with Crippen molar-refractivity contribution >= 4 is 28.7 Å². The van der Waals surface area contributed by atoms with Crippen molar-refractivity contribution in [3.05, 3.63) is 82.6 Å². The standard InChI is InChI=1S/C23H24O2S2/c1-16-8-5-6-9-22(16)27-23(14-17(2)21-10-7-13-26-21)18-11-12-19(24-3)20(15-18)25-4/h5-13,15,23H,2,14H2,1,3-4H3. The molecule has 27 heavy (non-hydrogen) atoms. The molecule has 0 saturated heterocycles. The Morgan fingerprint density at radius 1 is 1.04 bits per heavy atom. The van der Waals surface area contributed by atoms with Gasteiger partial charge in [-0.05, 0) is 59.7 Å². The molecule has 0 bridgehead atoms. The van der Waals surface area contributed by atoms with Gasteiger partial charge >= 0.3 is 0 Å². The summed E-state index contributed by atoms with van der Waals surface area (Å²) in [5.41, 5.74) is 3.65. The van der Waals surface area contributed by atoms with Crippen molar-refractivity contribution in [3.8, 4) is 11.5 Å². The second-order valence-corrected chi connectivity index (χ2v) is 8.46. The number of hydrogen-bond acceptors (Lipinski definition) is 4. The van der Waals surface area contributed by atoms with Crippen LogP contribution in [-0.2, 0) is 0 Å². The minimum Gasteiger partial charge on any atom is -0.493 e. The number of allylic oxidation sites excluding steroid dienone is 1. The molecule has 1 unspecified atom stereocenters. The summed E-state index contributed by atoms with van der Waals surface area (Å²) < 4.78 is 10.9. The van der Waals surface area contributed by atoms with E-state index in [-0.39, 0.29) is 5.25 Å². The Morgan fingerprint density at radius 2 is 1.81 bits per heavy atom. The van der Waals surface area contributed by atoms with E-state index in [1.54, 1.807) is 25.6 Å². The molecule has 0 aliphatic heterocycles. The molecule has 0 saturated carbocycles. The molecule has 3 aromatic rings. The number of methoxy groups -OCH3 is 2. The van der Waals surface area contributed by atoms with Crippen LogP contribution in [0.1, 0.15) is 27.7 Å². The van der Waals surface area contributed by atoms with E-state index in [1.807, 2.05) is 17.8 Å². The Kier molecular flexibility index (Phi) is 6.64. The average Bonchev–Trinajstić information content (AvgIpc) is 3.23. The summed E-state index contributed by atoms with van der Waals surface area (Å²) in [5.74, 6) is 1.50. The minimum absolute atomic E-state index is 0.237. The Morgan fingerprint density at radius 3 is 2.48 bits per heavy atom. The van der Waals surface area contributed by atoms with Crippen molar-refractivity contribution < 1.29 is 9.47 Å². The van der Waals surface area contributed by atoms with Crippen molar-refractivity contribution in [2.24, 2.45) is 0 Å². The Bertz CT molecular complexity index is 901. The van der Waals surface area contributed by atoms with Gasteiger partial charge in [-0.25, -0.2) is 0 Å². The Labute approximate surface area is 169 Å². The summed E-state index contributed by atoms with van der Waals surface area (Å²) in [6.45, 7) is 6.50. The van der Waals surface area contributed by atoms with Crippen LogP contribution >= 0.6 is 23.1 Å². The molecule has 1 atom stereocenters. The van der Waals surface area contributed by atoms with E-state index in [2.05, 4.69) is 67.4 Å². The van der Waals surface area contributed by atoms with E-state index >= 15 is 0 Å². The van der Waals surface area contributed by atoms with E-state index in [0.29, 0.717) is 0 Å². The normalized spacial score (nSPS) is 11.8. The lowest BCUT2D eigenvalue weighted by atomic mass is 10.0. The van der Waals surface area contributed by atoms with Crippen LogP contribution in [0, 0.1) is 6.92 Å². The molecule has 0 amide bonds. The van der Waals surface area contributed by atoms with E-state index in [0.717, 1.165) is 23.5 Å². The first-order chi connectivity index (χ1) is 13.1. The highest BCUT2D eigenvalue weighted by molar-refractivity contribution is 7.99. The van der Waals surface area contributed by atoms with Crippen LogP contribution in [0.5, 0.6) is 11.5 Å². The molecule has 0 aliphatic carbocycles. The van der Waals surface area contributed by atoms with Gasteiger partial charge in [0.2, 0.25) is 0 Å². The first-order valence-corrected chi connectivity index (χ1v) is 10.5. The maximum Gasteiger partial charge on any atom is 0.161 e. The van der Waals surface area contributed by atoms with Gasteiger partial charge in [-0.2, -0.15) is 0 Å². The predicted molar refractivity (Wildman–Crippen MR) is 117 cm³/mol. The zero-order valence-corrected chi connectivity index (χ0v) is 17.5. The van der Waals surface area contributed by atoms with Crippen molar-refractivity contribution in [2.75, 3.05) is 14.2 Å². The maximum absolute atomic E-state index is 5.52. The summed E-state index contributed by atoms with van der Waals surface area (Å²) in [6, 6.07) is 18.9. The van der Waals surface area contributed by atoms with Gasteiger partial charge in [0.15, 0.2) is 11.5 Å². The third kappa shape index (κ3) is 4.76. The highest BCUT2D eigenvalue weighted by Gasteiger charge is 2.19. The van der Waals surface area contributed by atoms with Gasteiger partial charge in [-0.15, -0.1) is 23.1 Å². The Balaban J connectivity index is 1.94. The number of benzene rings is 2. The molecule has 140 valence electrons. The van der Waals surface area contributed by atoms with E-state index in [1.165, 1.54) is 20.9 Å². The molecular weight excluding hydrogens is 372 g/mol. The van der Waals surface area contributed by atoms with Crippen LogP contribution < -0.4 is 9.47 Å². The number of ether oxygens (including phenoxy) is 2. The zero-order chi connectivity index (χ0) is 19.2. The molecule has 0 radical (unpaired) electrons. The average molecular weight is 397 g/mol. The summed E-state index contributed by atoms with van der Waals surface area (Å²) in [5, 5.41) is 2.33. The topological polar surface area (TPSA) is 18.5 Å². The second kappa shape index (κ2) is 9.16. The summed E-state index contributed by atoms with van der Waals surface area (Å²) in [4.78, 5) is 2.53. The third-order valence-corrected chi connectivity index (χ3v) is 6.85. The molecular formula is C23H24O2S2. The monoisotopic (exact) mass is 396 g/mol. The zero-order valence-electron chi connectivity index (χ0n) is 15.9. The fourth-order valence-corrected chi connectivity index (χ4v) is 4.92. The van der Waals surface area contributed by atoms with Crippen molar-refractivity contribution in [1.29, 1.82) is 0 Å². The van der Waals surface area contributed by atoms with Gasteiger partial charge in [0, 0.05) is 15.0 Å². The first-order valence-electron chi connectivity index (χ1n) is 8.78. The number of aryl methyl sites for hydroxylation is 1. The first kappa shape index (κ1) is 19.6. The lowest BCUT2D eigenvalue weighted by molar-refractivity contribution is 0.354. The largest absolute Gasteiger partial charge is 0.493 e. The molecule has 2 aromatic carbocycles. The van der Waals surface area contributed by atoms with Gasteiger partial charge < -0.3 is 9.47 Å². The van der Waals surface area contributed by atoms with Gasteiger partial charge in [-0.1, -0.05) is 36.9 Å². The highest BCUT2D eigenvalue weighted by atomic mass is 32.2. The third-order valence-electron chi connectivity index (χ3n) is 4.44. The van der Waals surface area contributed by atoms with Crippen molar-refractivity contribution in [3.63, 3.8) is 0 Å². The lowest BCUT2D eigenvalue weighted by Crippen LogP contribution is -1.99. The molecule has 0 N–H and O–H groups in total. The highest BCUT2D eigenvalue weighted by Crippen LogP contribution is 2.44. The lowest BCUT2D eigenvalue weighted by Gasteiger charge is -2.20. The number of hydrogen-bond donors (Lipinski definition) is 0. The van der Waals surface area contributed by atoms with Gasteiger partial charge in [0.1, 0.15) is 0 Å². The molecule has 1 heterocycles. The second-order valence-electron chi connectivity index (χ2n) is 6.27. The van der Waals surface area contributed by atoms with Crippen molar-refractivity contribution in [2.45, 2.75) is 23.5 Å². The molecule has 0 fully saturated rings. The van der Waals surface area contributed by atoms with Gasteiger partial charge in [-0.3, -0.25) is 0 Å². The SMILES string of the molecule is C=C(CC(Sc1ccccc1C)c1ccc(OC)c(OC)c1)c1cccs1. The maximum atomic E-state index is 5.52. The fourth-order valence-electron chi connectivity index (χ4n) is 2.93. The molecule has 2 nitrogen and oxygen atoms in total. The van der Waals surface area contributed by atoms with Crippen LogP contribution in [0.3, 0.4) is 0 Å². The van der Waals surface area contributed by atoms with Gasteiger partial charge in [0.25, 0.3) is 0 Å². The number of thioether (sulfide) groups is 1. The van der Waals surface area contributed by atoms with Crippen LogP contribution in [0.4, 0.5) is 0 Å². The number of thiophene rings is 1. The van der Waals surface area contributed by atoms with Crippen LogP contribution in [0.15, 0.2) is 71.5 Å². The molecule has 1 aromatic heterocycles. The van der Waals surface area contributed by atoms with Crippen LogP contribution in [0.2, 0.25) is 0 Å². The smallest absolute Gasteiger partial charge is 0.161 e. The predicted octanol–water partition coefficient (Wildman–Crippen LogP) is 7.01. The molecule has 0 aliphatic rings. The fraction of sp³-hybridized carbons (Fsp3) is 0.217. The minimum atomic E-state index is 0.237. The van der Waals surface area contributed by atoms with E-state index < -0.39 is 0 Å². The summed E-state index contributed by atoms with van der Waals surface area (Å²) in [7, 11) is 3.34.